The highest BCUT2D eigenvalue weighted by atomic mass is 16.4. The lowest BCUT2D eigenvalue weighted by molar-refractivity contribution is -0.134. The van der Waals surface area contributed by atoms with Crippen molar-refractivity contribution in [2.45, 2.75) is 25.2 Å². The molecule has 0 spiro atoms. The van der Waals surface area contributed by atoms with Gasteiger partial charge in [-0.3, -0.25) is 4.79 Å². The van der Waals surface area contributed by atoms with Crippen LogP contribution in [0.2, 0.25) is 0 Å². The summed E-state index contributed by atoms with van der Waals surface area (Å²) in [4.78, 5) is 10.8. The highest BCUT2D eigenvalue weighted by molar-refractivity contribution is 5.95. The fourth-order valence-corrected chi connectivity index (χ4v) is 1.01. The van der Waals surface area contributed by atoms with E-state index in [2.05, 4.69) is 0 Å². The summed E-state index contributed by atoms with van der Waals surface area (Å²) in [5.74, 6) is -0.555. The molecule has 1 rings (SSSR count). The van der Waals surface area contributed by atoms with Crippen molar-refractivity contribution in [3.63, 3.8) is 0 Å². The minimum absolute atomic E-state index is 0.382. The second-order valence-electron chi connectivity index (χ2n) is 2.67. The Bertz CT molecular complexity index is 208. The molecule has 0 amide bonds. The van der Waals surface area contributed by atoms with Crippen molar-refractivity contribution in [2.24, 2.45) is 0 Å². The molecule has 4 heteroatoms. The molecule has 11 heavy (non-hydrogen) atoms. The monoisotopic (exact) mass is 158 g/mol. The molecule has 3 N–H and O–H groups in total. The number of rotatable bonds is 0. The van der Waals surface area contributed by atoms with Crippen molar-refractivity contribution < 1.29 is 20.1 Å². The number of carbonyl (C=O) groups excluding carboxylic acids is 1. The Morgan fingerprint density at radius 2 is 1.82 bits per heavy atom. The van der Waals surface area contributed by atoms with E-state index in [9.17, 15) is 4.79 Å². The van der Waals surface area contributed by atoms with Gasteiger partial charge in [0.25, 0.3) is 0 Å². The van der Waals surface area contributed by atoms with Crippen LogP contribution in [0.25, 0.3) is 0 Å². The number of aliphatic hydroxyl groups excluding tert-OH is 3. The third-order valence-corrected chi connectivity index (χ3v) is 1.77. The first kappa shape index (κ1) is 8.39. The van der Waals surface area contributed by atoms with E-state index in [4.69, 9.17) is 15.3 Å². The SMILES string of the molecule is CC1=CC(=O)[C@H](O)[C@@H](O)[C@@H]1O. The lowest BCUT2D eigenvalue weighted by atomic mass is 9.92. The number of carbonyl (C=O) groups is 1. The van der Waals surface area contributed by atoms with E-state index < -0.39 is 24.1 Å². The highest BCUT2D eigenvalue weighted by Gasteiger charge is 2.34. The van der Waals surface area contributed by atoms with Crippen LogP contribution in [0.3, 0.4) is 0 Å². The first-order chi connectivity index (χ1) is 5.04. The molecule has 0 saturated carbocycles. The fraction of sp³-hybridized carbons (Fsp3) is 0.571. The van der Waals surface area contributed by atoms with Crippen LogP contribution in [-0.4, -0.2) is 39.4 Å². The minimum atomic E-state index is -1.48. The Morgan fingerprint density at radius 3 is 2.36 bits per heavy atom. The normalized spacial score (nSPS) is 38.7. The molecule has 4 nitrogen and oxygen atoms in total. The van der Waals surface area contributed by atoms with Gasteiger partial charge >= 0.3 is 0 Å². The second kappa shape index (κ2) is 2.73. The zero-order chi connectivity index (χ0) is 8.59. The highest BCUT2D eigenvalue weighted by Crippen LogP contribution is 2.16. The quantitative estimate of drug-likeness (QED) is 0.405. The van der Waals surface area contributed by atoms with Gasteiger partial charge in [-0.05, 0) is 18.6 Å². The van der Waals surface area contributed by atoms with Gasteiger partial charge in [0, 0.05) is 0 Å². The smallest absolute Gasteiger partial charge is 0.186 e. The Balaban J connectivity index is 2.92. The van der Waals surface area contributed by atoms with Crippen LogP contribution in [0.5, 0.6) is 0 Å². The largest absolute Gasteiger partial charge is 0.387 e. The molecule has 0 aliphatic heterocycles. The predicted molar refractivity (Wildman–Crippen MR) is 36.8 cm³/mol. The lowest BCUT2D eigenvalue weighted by Crippen LogP contribution is -2.45. The summed E-state index contributed by atoms with van der Waals surface area (Å²) in [6.45, 7) is 1.53. The standard InChI is InChI=1S/C7H10O4/c1-3-2-4(8)6(10)7(11)5(3)9/h2,5-7,9-11H,1H3/t5-,6+,7+/m1/s1. The van der Waals surface area contributed by atoms with Gasteiger partial charge in [-0.1, -0.05) is 0 Å². The van der Waals surface area contributed by atoms with Crippen molar-refractivity contribution >= 4 is 5.78 Å². The summed E-state index contributed by atoms with van der Waals surface area (Å²) >= 11 is 0. The van der Waals surface area contributed by atoms with E-state index in [1.54, 1.807) is 0 Å². The van der Waals surface area contributed by atoms with Gasteiger partial charge in [0.15, 0.2) is 5.78 Å². The Morgan fingerprint density at radius 1 is 1.27 bits per heavy atom. The molecule has 0 aromatic heterocycles. The van der Waals surface area contributed by atoms with Crippen LogP contribution in [0.15, 0.2) is 11.6 Å². The average molecular weight is 158 g/mol. The molecule has 1 aliphatic rings. The molecule has 62 valence electrons. The lowest BCUT2D eigenvalue weighted by Gasteiger charge is -2.26. The maximum Gasteiger partial charge on any atom is 0.186 e. The van der Waals surface area contributed by atoms with Crippen molar-refractivity contribution in [1.82, 2.24) is 0 Å². The van der Waals surface area contributed by atoms with Crippen LogP contribution >= 0.6 is 0 Å². The second-order valence-corrected chi connectivity index (χ2v) is 2.67. The van der Waals surface area contributed by atoms with Crippen molar-refractivity contribution in [3.8, 4) is 0 Å². The Labute approximate surface area is 63.8 Å². The first-order valence-electron chi connectivity index (χ1n) is 3.30. The molecule has 0 radical (unpaired) electrons. The molecule has 0 heterocycles. The van der Waals surface area contributed by atoms with Gasteiger partial charge in [0.05, 0.1) is 0 Å². The third-order valence-electron chi connectivity index (χ3n) is 1.77. The van der Waals surface area contributed by atoms with E-state index in [1.165, 1.54) is 6.92 Å². The van der Waals surface area contributed by atoms with Gasteiger partial charge < -0.3 is 15.3 Å². The molecule has 3 atom stereocenters. The Hall–Kier alpha value is -0.710. The molecule has 0 saturated heterocycles. The molecule has 0 unspecified atom stereocenters. The number of hydrogen-bond acceptors (Lipinski definition) is 4. The molecule has 0 fully saturated rings. The molecule has 1 aliphatic carbocycles. The summed E-state index contributed by atoms with van der Waals surface area (Å²) < 4.78 is 0. The maximum atomic E-state index is 10.8. The van der Waals surface area contributed by atoms with E-state index in [0.29, 0.717) is 5.57 Å². The zero-order valence-corrected chi connectivity index (χ0v) is 6.06. The van der Waals surface area contributed by atoms with Crippen molar-refractivity contribution in [2.75, 3.05) is 0 Å². The number of ketones is 1. The van der Waals surface area contributed by atoms with Crippen molar-refractivity contribution in [3.05, 3.63) is 11.6 Å². The average Bonchev–Trinajstić information content (AvgIpc) is 1.97. The number of aliphatic hydroxyl groups is 3. The summed E-state index contributed by atoms with van der Waals surface area (Å²) in [5.41, 5.74) is 0.382. The Kier molecular flexibility index (Phi) is 2.08. The van der Waals surface area contributed by atoms with E-state index in [-0.39, 0.29) is 0 Å². The summed E-state index contributed by atoms with van der Waals surface area (Å²) in [5, 5.41) is 27.1. The fourth-order valence-electron chi connectivity index (χ4n) is 1.01. The van der Waals surface area contributed by atoms with Crippen LogP contribution in [0.1, 0.15) is 6.92 Å². The van der Waals surface area contributed by atoms with Gasteiger partial charge in [0.1, 0.15) is 18.3 Å². The van der Waals surface area contributed by atoms with Crippen LogP contribution < -0.4 is 0 Å². The zero-order valence-electron chi connectivity index (χ0n) is 6.06. The number of hydrogen-bond donors (Lipinski definition) is 3. The van der Waals surface area contributed by atoms with E-state index in [0.717, 1.165) is 6.08 Å². The summed E-state index contributed by atoms with van der Waals surface area (Å²) in [6, 6.07) is 0. The third kappa shape index (κ3) is 1.33. The topological polar surface area (TPSA) is 77.8 Å². The summed E-state index contributed by atoms with van der Waals surface area (Å²) in [6.07, 6.45) is -2.84. The van der Waals surface area contributed by atoms with Gasteiger partial charge in [-0.2, -0.15) is 0 Å². The van der Waals surface area contributed by atoms with Gasteiger partial charge in [-0.25, -0.2) is 0 Å². The predicted octanol–water partition coefficient (Wildman–Crippen LogP) is -1.40. The molecule has 0 bridgehead atoms. The molecule has 0 aromatic rings. The minimum Gasteiger partial charge on any atom is -0.387 e. The molecule has 0 aromatic carbocycles. The van der Waals surface area contributed by atoms with E-state index >= 15 is 0 Å². The van der Waals surface area contributed by atoms with Gasteiger partial charge in [-0.15, -0.1) is 0 Å². The van der Waals surface area contributed by atoms with E-state index in [1.807, 2.05) is 0 Å². The van der Waals surface area contributed by atoms with Crippen LogP contribution in [0, 0.1) is 0 Å². The van der Waals surface area contributed by atoms with Crippen LogP contribution in [-0.2, 0) is 4.79 Å². The first-order valence-corrected chi connectivity index (χ1v) is 3.30. The van der Waals surface area contributed by atoms with Crippen LogP contribution in [0.4, 0.5) is 0 Å². The van der Waals surface area contributed by atoms with Gasteiger partial charge in [0.2, 0.25) is 0 Å². The molecular formula is C7H10O4. The van der Waals surface area contributed by atoms with Crippen molar-refractivity contribution in [1.29, 1.82) is 0 Å². The molecular weight excluding hydrogens is 148 g/mol. The summed E-state index contributed by atoms with van der Waals surface area (Å²) in [7, 11) is 0. The maximum absolute atomic E-state index is 10.8.